The highest BCUT2D eigenvalue weighted by Gasteiger charge is 2.40. The van der Waals surface area contributed by atoms with E-state index in [2.05, 4.69) is 0 Å². The summed E-state index contributed by atoms with van der Waals surface area (Å²) in [7, 11) is 0. The summed E-state index contributed by atoms with van der Waals surface area (Å²) in [6, 6.07) is 0. The van der Waals surface area contributed by atoms with Gasteiger partial charge in [-0.3, -0.25) is 4.79 Å². The van der Waals surface area contributed by atoms with Crippen LogP contribution in [-0.2, 0) is 4.79 Å². The van der Waals surface area contributed by atoms with E-state index in [1.807, 2.05) is 5.41 Å². The first kappa shape index (κ1) is 7.41. The molecule has 1 aliphatic heterocycles. The Balaban J connectivity index is 2.15. The summed E-state index contributed by atoms with van der Waals surface area (Å²) in [6.07, 6.45) is 7.74. The van der Waals surface area contributed by atoms with Gasteiger partial charge < -0.3 is 0 Å². The Hall–Kier alpha value is -0.240. The van der Waals surface area contributed by atoms with E-state index in [-0.39, 0.29) is 4.75 Å². The lowest BCUT2D eigenvalue weighted by Crippen LogP contribution is -2.33. The highest BCUT2D eigenvalue weighted by atomic mass is 32.2. The fraction of sp³-hybridized carbons (Fsp3) is 0.667. The van der Waals surface area contributed by atoms with E-state index in [0.29, 0.717) is 5.78 Å². The number of allylic oxidation sites excluding steroid dienone is 1. The van der Waals surface area contributed by atoms with Gasteiger partial charge in [-0.25, -0.2) is 0 Å². The third kappa shape index (κ3) is 1.13. The quantitative estimate of drug-likeness (QED) is 0.553. The van der Waals surface area contributed by atoms with Gasteiger partial charge in [0.15, 0.2) is 5.78 Å². The molecule has 0 radical (unpaired) electrons. The van der Waals surface area contributed by atoms with Gasteiger partial charge in [0.25, 0.3) is 0 Å². The van der Waals surface area contributed by atoms with Crippen molar-refractivity contribution in [1.29, 1.82) is 0 Å². The van der Waals surface area contributed by atoms with Crippen molar-refractivity contribution in [1.82, 2.24) is 0 Å². The SMILES string of the molecule is O=C1C=CSC12CCCCC2. The lowest BCUT2D eigenvalue weighted by Gasteiger charge is -2.30. The molecular weight excluding hydrogens is 156 g/mol. The Labute approximate surface area is 71.2 Å². The van der Waals surface area contributed by atoms with Crippen LogP contribution in [0.15, 0.2) is 11.5 Å². The van der Waals surface area contributed by atoms with E-state index in [4.69, 9.17) is 0 Å². The second-order valence-corrected chi connectivity index (χ2v) is 4.63. The lowest BCUT2D eigenvalue weighted by molar-refractivity contribution is -0.117. The van der Waals surface area contributed by atoms with Crippen molar-refractivity contribution >= 4 is 17.5 Å². The minimum Gasteiger partial charge on any atom is -0.293 e. The molecule has 1 heterocycles. The van der Waals surface area contributed by atoms with E-state index >= 15 is 0 Å². The van der Waals surface area contributed by atoms with Crippen LogP contribution in [0.1, 0.15) is 32.1 Å². The molecule has 1 spiro atoms. The van der Waals surface area contributed by atoms with Crippen LogP contribution in [0.5, 0.6) is 0 Å². The van der Waals surface area contributed by atoms with Crippen LogP contribution < -0.4 is 0 Å². The van der Waals surface area contributed by atoms with Gasteiger partial charge in [-0.1, -0.05) is 19.3 Å². The van der Waals surface area contributed by atoms with Crippen LogP contribution in [0.4, 0.5) is 0 Å². The zero-order chi connectivity index (χ0) is 7.73. The molecule has 0 aromatic rings. The minimum atomic E-state index is -0.00174. The van der Waals surface area contributed by atoms with Crippen molar-refractivity contribution in [3.05, 3.63) is 11.5 Å². The second-order valence-electron chi connectivity index (χ2n) is 3.34. The van der Waals surface area contributed by atoms with E-state index in [1.165, 1.54) is 19.3 Å². The van der Waals surface area contributed by atoms with Crippen LogP contribution in [0.25, 0.3) is 0 Å². The van der Waals surface area contributed by atoms with Crippen molar-refractivity contribution in [3.8, 4) is 0 Å². The molecule has 0 unspecified atom stereocenters. The molecule has 60 valence electrons. The largest absolute Gasteiger partial charge is 0.293 e. The Bertz CT molecular complexity index is 202. The Morgan fingerprint density at radius 2 is 2.00 bits per heavy atom. The Morgan fingerprint density at radius 1 is 1.27 bits per heavy atom. The molecule has 2 rings (SSSR count). The average molecular weight is 168 g/mol. The predicted octanol–water partition coefficient (Wildman–Crippen LogP) is 2.52. The smallest absolute Gasteiger partial charge is 0.172 e. The fourth-order valence-electron chi connectivity index (χ4n) is 1.92. The van der Waals surface area contributed by atoms with Crippen LogP contribution in [0, 0.1) is 0 Å². The van der Waals surface area contributed by atoms with Gasteiger partial charge >= 0.3 is 0 Å². The van der Waals surface area contributed by atoms with Gasteiger partial charge in [0, 0.05) is 0 Å². The molecule has 11 heavy (non-hydrogen) atoms. The molecule has 1 nitrogen and oxygen atoms in total. The highest BCUT2D eigenvalue weighted by molar-refractivity contribution is 8.04. The van der Waals surface area contributed by atoms with Crippen molar-refractivity contribution in [3.63, 3.8) is 0 Å². The van der Waals surface area contributed by atoms with Gasteiger partial charge in [-0.2, -0.15) is 0 Å². The summed E-state index contributed by atoms with van der Waals surface area (Å²) < 4.78 is -0.00174. The maximum atomic E-state index is 11.4. The van der Waals surface area contributed by atoms with Gasteiger partial charge in [0.2, 0.25) is 0 Å². The zero-order valence-electron chi connectivity index (χ0n) is 6.51. The van der Waals surface area contributed by atoms with Crippen molar-refractivity contribution in [2.24, 2.45) is 0 Å². The van der Waals surface area contributed by atoms with E-state index < -0.39 is 0 Å². The van der Waals surface area contributed by atoms with Gasteiger partial charge in [-0.05, 0) is 24.3 Å². The molecule has 0 amide bonds. The molecule has 0 aromatic carbocycles. The number of rotatable bonds is 0. The molecule has 0 bridgehead atoms. The van der Waals surface area contributed by atoms with E-state index in [9.17, 15) is 4.79 Å². The fourth-order valence-corrected chi connectivity index (χ4v) is 3.08. The van der Waals surface area contributed by atoms with Crippen LogP contribution >= 0.6 is 11.8 Å². The molecule has 1 fully saturated rings. The third-order valence-corrected chi connectivity index (χ3v) is 3.96. The van der Waals surface area contributed by atoms with Crippen molar-refractivity contribution in [2.45, 2.75) is 36.9 Å². The van der Waals surface area contributed by atoms with Crippen molar-refractivity contribution in [2.75, 3.05) is 0 Å². The van der Waals surface area contributed by atoms with Crippen molar-refractivity contribution < 1.29 is 4.79 Å². The first-order valence-electron chi connectivity index (χ1n) is 4.22. The third-order valence-electron chi connectivity index (χ3n) is 2.62. The van der Waals surface area contributed by atoms with Crippen LogP contribution in [0.3, 0.4) is 0 Å². The molecule has 0 atom stereocenters. The van der Waals surface area contributed by atoms with Crippen LogP contribution in [0.2, 0.25) is 0 Å². The first-order chi connectivity index (χ1) is 5.33. The summed E-state index contributed by atoms with van der Waals surface area (Å²) in [6.45, 7) is 0. The van der Waals surface area contributed by atoms with Gasteiger partial charge in [-0.15, -0.1) is 11.8 Å². The van der Waals surface area contributed by atoms with Gasteiger partial charge in [0.1, 0.15) is 0 Å². The van der Waals surface area contributed by atoms with E-state index in [0.717, 1.165) is 12.8 Å². The zero-order valence-corrected chi connectivity index (χ0v) is 7.32. The lowest BCUT2D eigenvalue weighted by atomic mass is 9.85. The molecule has 0 N–H and O–H groups in total. The maximum absolute atomic E-state index is 11.4. The predicted molar refractivity (Wildman–Crippen MR) is 47.6 cm³/mol. The molecule has 0 aromatic heterocycles. The summed E-state index contributed by atoms with van der Waals surface area (Å²) >= 11 is 1.74. The standard InChI is InChI=1S/C9H12OS/c10-8-4-7-11-9(8)5-2-1-3-6-9/h4,7H,1-3,5-6H2. The maximum Gasteiger partial charge on any atom is 0.172 e. The average Bonchev–Trinajstić information content (AvgIpc) is 2.36. The number of thioether (sulfide) groups is 1. The highest BCUT2D eigenvalue weighted by Crippen LogP contribution is 2.44. The topological polar surface area (TPSA) is 17.1 Å². The van der Waals surface area contributed by atoms with Crippen LogP contribution in [-0.4, -0.2) is 10.5 Å². The van der Waals surface area contributed by atoms with Gasteiger partial charge in [0.05, 0.1) is 4.75 Å². The number of hydrogen-bond acceptors (Lipinski definition) is 2. The summed E-state index contributed by atoms with van der Waals surface area (Å²) in [5, 5.41) is 1.97. The normalized spacial score (nSPS) is 28.2. The minimum absolute atomic E-state index is 0.00174. The molecule has 2 heteroatoms. The van der Waals surface area contributed by atoms with E-state index in [1.54, 1.807) is 17.8 Å². The number of hydrogen-bond donors (Lipinski definition) is 0. The Kier molecular flexibility index (Phi) is 1.80. The summed E-state index contributed by atoms with van der Waals surface area (Å²) in [5.74, 6) is 0.363. The molecule has 1 aliphatic carbocycles. The Morgan fingerprint density at radius 3 is 2.55 bits per heavy atom. The first-order valence-corrected chi connectivity index (χ1v) is 5.10. The summed E-state index contributed by atoms with van der Waals surface area (Å²) in [5.41, 5.74) is 0. The molecule has 1 saturated carbocycles. The number of carbonyl (C=O) groups excluding carboxylic acids is 1. The number of ketones is 1. The summed E-state index contributed by atoms with van der Waals surface area (Å²) in [4.78, 5) is 11.4. The molecule has 0 saturated heterocycles. The monoisotopic (exact) mass is 168 g/mol. The molecular formula is C9H12OS. The second kappa shape index (κ2) is 2.67. The molecule has 2 aliphatic rings. The number of carbonyl (C=O) groups is 1.